The van der Waals surface area contributed by atoms with Crippen LogP contribution in [0.5, 0.6) is 0 Å². The van der Waals surface area contributed by atoms with Crippen molar-refractivity contribution >= 4 is 29.3 Å². The molecule has 106 valence electrons. The first-order chi connectivity index (χ1) is 9.68. The molecule has 2 N–H and O–H groups in total. The normalized spacial score (nSPS) is 21.6. The highest BCUT2D eigenvalue weighted by atomic mass is 32.2. The maximum Gasteiger partial charge on any atom is 0.336 e. The molecule has 0 bridgehead atoms. The minimum atomic E-state index is -0.925. The third kappa shape index (κ3) is 2.29. The number of carboxylic acids is 1. The van der Waals surface area contributed by atoms with Gasteiger partial charge >= 0.3 is 5.97 Å². The molecule has 1 amide bonds. The van der Waals surface area contributed by atoms with Crippen LogP contribution in [0, 0.1) is 0 Å². The van der Waals surface area contributed by atoms with Crippen LogP contribution in [0.15, 0.2) is 18.2 Å². The van der Waals surface area contributed by atoms with Crippen LogP contribution in [0.4, 0.5) is 5.69 Å². The Hall–Kier alpha value is -1.53. The molecule has 0 radical (unpaired) electrons. The number of hydrogen-bond donors (Lipinski definition) is 2. The number of amides is 1. The third-order valence-electron chi connectivity index (χ3n) is 3.76. The Kier molecular flexibility index (Phi) is 3.67. The van der Waals surface area contributed by atoms with Gasteiger partial charge in [-0.1, -0.05) is 6.07 Å². The van der Waals surface area contributed by atoms with Gasteiger partial charge in [-0.3, -0.25) is 10.1 Å². The number of carbonyl (C=O) groups excluding carboxylic acids is 1. The number of carbonyl (C=O) groups is 2. The lowest BCUT2D eigenvalue weighted by molar-refractivity contribution is -0.120. The van der Waals surface area contributed by atoms with E-state index < -0.39 is 5.97 Å². The van der Waals surface area contributed by atoms with Crippen LogP contribution in [0.25, 0.3) is 0 Å². The maximum absolute atomic E-state index is 12.5. The molecule has 1 fully saturated rings. The summed E-state index contributed by atoms with van der Waals surface area (Å²) in [6.07, 6.45) is 1.53. The molecule has 0 spiro atoms. The first-order valence-electron chi connectivity index (χ1n) is 6.66. The Morgan fingerprint density at radius 3 is 2.95 bits per heavy atom. The van der Waals surface area contributed by atoms with E-state index in [9.17, 15) is 14.7 Å². The molecule has 5 nitrogen and oxygen atoms in total. The second-order valence-electron chi connectivity index (χ2n) is 4.97. The summed E-state index contributed by atoms with van der Waals surface area (Å²) in [5, 5.41) is 12.4. The second kappa shape index (κ2) is 5.46. The van der Waals surface area contributed by atoms with Crippen molar-refractivity contribution in [3.8, 4) is 0 Å². The minimum Gasteiger partial charge on any atom is -0.478 e. The largest absolute Gasteiger partial charge is 0.478 e. The molecule has 1 saturated heterocycles. The highest BCUT2D eigenvalue weighted by Crippen LogP contribution is 2.31. The van der Waals surface area contributed by atoms with Gasteiger partial charge < -0.3 is 10.0 Å². The number of nitrogens with one attached hydrogen (secondary N) is 1. The van der Waals surface area contributed by atoms with Gasteiger partial charge in [-0.05, 0) is 30.5 Å². The van der Waals surface area contributed by atoms with Crippen molar-refractivity contribution in [3.63, 3.8) is 0 Å². The lowest BCUT2D eigenvalue weighted by Gasteiger charge is -2.32. The van der Waals surface area contributed by atoms with Crippen molar-refractivity contribution in [1.82, 2.24) is 5.32 Å². The molecular weight excluding hydrogens is 276 g/mol. The van der Waals surface area contributed by atoms with Crippen molar-refractivity contribution < 1.29 is 14.7 Å². The van der Waals surface area contributed by atoms with Gasteiger partial charge in [0, 0.05) is 23.9 Å². The highest BCUT2D eigenvalue weighted by Gasteiger charge is 2.31. The zero-order chi connectivity index (χ0) is 14.1. The molecule has 2 aliphatic heterocycles. The summed E-state index contributed by atoms with van der Waals surface area (Å²) in [7, 11) is 0. The highest BCUT2D eigenvalue weighted by molar-refractivity contribution is 7.99. The van der Waals surface area contributed by atoms with Crippen LogP contribution in [-0.2, 0) is 11.2 Å². The summed E-state index contributed by atoms with van der Waals surface area (Å²) in [6.45, 7) is 0.664. The van der Waals surface area contributed by atoms with Crippen molar-refractivity contribution in [1.29, 1.82) is 0 Å². The van der Waals surface area contributed by atoms with Crippen LogP contribution < -0.4 is 10.2 Å². The van der Waals surface area contributed by atoms with E-state index in [4.69, 9.17) is 0 Å². The van der Waals surface area contributed by atoms with Crippen LogP contribution >= 0.6 is 11.8 Å². The number of hydrogen-bond acceptors (Lipinski definition) is 4. The molecule has 1 aromatic carbocycles. The first kappa shape index (κ1) is 13.5. The fourth-order valence-electron chi connectivity index (χ4n) is 2.80. The number of thioether (sulfide) groups is 1. The minimum absolute atomic E-state index is 0.0542. The molecule has 20 heavy (non-hydrogen) atoms. The SMILES string of the molecule is O=C(O)c1cccc2c1CCCN2C(=O)C1CSCN1. The van der Waals surface area contributed by atoms with Crippen LogP contribution in [0.2, 0.25) is 0 Å². The second-order valence-corrected chi connectivity index (χ2v) is 6.00. The zero-order valence-electron chi connectivity index (χ0n) is 11.0. The molecule has 3 rings (SSSR count). The molecular formula is C14H16N2O3S. The van der Waals surface area contributed by atoms with Gasteiger partial charge in [0.15, 0.2) is 0 Å². The van der Waals surface area contributed by atoms with E-state index in [1.54, 1.807) is 28.8 Å². The quantitative estimate of drug-likeness (QED) is 0.860. The van der Waals surface area contributed by atoms with Gasteiger partial charge in [-0.2, -0.15) is 0 Å². The number of benzene rings is 1. The topological polar surface area (TPSA) is 69.6 Å². The Morgan fingerprint density at radius 1 is 1.40 bits per heavy atom. The van der Waals surface area contributed by atoms with Crippen LogP contribution in [-0.4, -0.2) is 41.2 Å². The maximum atomic E-state index is 12.5. The predicted molar refractivity (Wildman–Crippen MR) is 78.3 cm³/mol. The zero-order valence-corrected chi connectivity index (χ0v) is 11.8. The monoisotopic (exact) mass is 292 g/mol. The van der Waals surface area contributed by atoms with E-state index in [0.717, 1.165) is 29.3 Å². The molecule has 0 aliphatic carbocycles. The van der Waals surface area contributed by atoms with Gasteiger partial charge in [0.25, 0.3) is 0 Å². The summed E-state index contributed by atoms with van der Waals surface area (Å²) >= 11 is 1.71. The van der Waals surface area contributed by atoms with Crippen molar-refractivity contribution in [2.45, 2.75) is 18.9 Å². The van der Waals surface area contributed by atoms with E-state index in [-0.39, 0.29) is 11.9 Å². The molecule has 2 heterocycles. The summed E-state index contributed by atoms with van der Waals surface area (Å²) in [5.74, 6) is 0.708. The number of rotatable bonds is 2. The lowest BCUT2D eigenvalue weighted by Crippen LogP contribution is -2.47. The van der Waals surface area contributed by atoms with Gasteiger partial charge in [0.2, 0.25) is 5.91 Å². The van der Waals surface area contributed by atoms with Crippen LogP contribution in [0.3, 0.4) is 0 Å². The Labute approximate surface area is 121 Å². The van der Waals surface area contributed by atoms with Crippen molar-refractivity contribution in [3.05, 3.63) is 29.3 Å². The first-order valence-corrected chi connectivity index (χ1v) is 7.81. The smallest absolute Gasteiger partial charge is 0.336 e. The number of anilines is 1. The molecule has 6 heteroatoms. The Morgan fingerprint density at radius 2 is 2.25 bits per heavy atom. The van der Waals surface area contributed by atoms with E-state index >= 15 is 0 Å². The van der Waals surface area contributed by atoms with Gasteiger partial charge in [-0.15, -0.1) is 11.8 Å². The Bertz CT molecular complexity index is 555. The molecule has 2 aliphatic rings. The van der Waals surface area contributed by atoms with E-state index in [2.05, 4.69) is 5.32 Å². The van der Waals surface area contributed by atoms with E-state index in [1.807, 2.05) is 6.07 Å². The molecule has 0 saturated carbocycles. The summed E-state index contributed by atoms with van der Waals surface area (Å²) in [5.41, 5.74) is 1.86. The van der Waals surface area contributed by atoms with Gasteiger partial charge in [-0.25, -0.2) is 4.79 Å². The van der Waals surface area contributed by atoms with Gasteiger partial charge in [0.1, 0.15) is 0 Å². The molecule has 1 aromatic rings. The lowest BCUT2D eigenvalue weighted by atomic mass is 9.96. The van der Waals surface area contributed by atoms with Crippen LogP contribution in [0.1, 0.15) is 22.3 Å². The summed E-state index contributed by atoms with van der Waals surface area (Å²) in [4.78, 5) is 25.6. The number of carboxylic acid groups (broad SMARTS) is 1. The summed E-state index contributed by atoms with van der Waals surface area (Å²) < 4.78 is 0. The Balaban J connectivity index is 1.95. The number of fused-ring (bicyclic) bond motifs is 1. The average Bonchev–Trinajstić information content (AvgIpc) is 2.99. The van der Waals surface area contributed by atoms with E-state index in [1.165, 1.54) is 0 Å². The number of nitrogens with zero attached hydrogens (tertiary/aromatic N) is 1. The fraction of sp³-hybridized carbons (Fsp3) is 0.429. The molecule has 0 aromatic heterocycles. The molecule has 1 unspecified atom stereocenters. The average molecular weight is 292 g/mol. The van der Waals surface area contributed by atoms with Crippen molar-refractivity contribution in [2.24, 2.45) is 0 Å². The van der Waals surface area contributed by atoms with E-state index in [0.29, 0.717) is 18.5 Å². The molecule has 1 atom stereocenters. The van der Waals surface area contributed by atoms with Crippen molar-refractivity contribution in [2.75, 3.05) is 23.1 Å². The third-order valence-corrected chi connectivity index (χ3v) is 4.70. The standard InChI is InChI=1S/C14H16N2O3S/c17-13(11-7-20-8-15-11)16-6-2-4-9-10(14(18)19)3-1-5-12(9)16/h1,3,5,11,15H,2,4,6-8H2,(H,18,19). The number of aromatic carboxylic acids is 1. The van der Waals surface area contributed by atoms with Gasteiger partial charge in [0.05, 0.1) is 11.6 Å². The predicted octanol–water partition coefficient (Wildman–Crippen LogP) is 1.33. The fourth-order valence-corrected chi connectivity index (χ4v) is 3.73. The summed E-state index contributed by atoms with van der Waals surface area (Å²) in [6, 6.07) is 5.02.